The van der Waals surface area contributed by atoms with E-state index in [0.29, 0.717) is 5.75 Å². The molecular weight excluding hydrogens is 290 g/mol. The van der Waals surface area contributed by atoms with Crippen LogP contribution in [0.3, 0.4) is 0 Å². The van der Waals surface area contributed by atoms with Crippen molar-refractivity contribution in [2.24, 2.45) is 0 Å². The Labute approximate surface area is 125 Å². The average Bonchev–Trinajstić information content (AvgIpc) is 2.35. The maximum Gasteiger partial charge on any atom is 0.345 e. The predicted octanol–water partition coefficient (Wildman–Crippen LogP) is 3.77. The summed E-state index contributed by atoms with van der Waals surface area (Å²) in [5.74, 6) is -0.296. The van der Waals surface area contributed by atoms with E-state index in [4.69, 9.17) is 4.43 Å². The van der Waals surface area contributed by atoms with Gasteiger partial charge >= 0.3 is 5.97 Å². The molecule has 0 unspecified atom stereocenters. The average molecular weight is 311 g/mol. The lowest BCUT2D eigenvalue weighted by molar-refractivity contribution is -0.385. The van der Waals surface area contributed by atoms with Crippen molar-refractivity contribution >= 4 is 20.0 Å². The second kappa shape index (κ2) is 5.85. The van der Waals surface area contributed by atoms with Crippen molar-refractivity contribution in [3.63, 3.8) is 0 Å². The molecule has 1 rings (SSSR count). The molecule has 0 saturated heterocycles. The molecule has 0 atom stereocenters. The molecule has 0 aliphatic heterocycles. The number of nitrogens with zero attached hydrogens (tertiary/aromatic N) is 1. The standard InChI is InChI=1S/C14H21NO5Si/c1-14(2,3)21(5,6)20-10-7-8-12(15(17)18)11(9-10)13(16)19-4/h7-9H,1-6H3. The van der Waals surface area contributed by atoms with Gasteiger partial charge in [0.05, 0.1) is 12.0 Å². The van der Waals surface area contributed by atoms with Gasteiger partial charge in [0.25, 0.3) is 5.69 Å². The lowest BCUT2D eigenvalue weighted by Gasteiger charge is -2.36. The van der Waals surface area contributed by atoms with Crippen LogP contribution in [0.1, 0.15) is 31.1 Å². The van der Waals surface area contributed by atoms with Gasteiger partial charge in [-0.05, 0) is 24.2 Å². The smallest absolute Gasteiger partial charge is 0.345 e. The van der Waals surface area contributed by atoms with Gasteiger partial charge in [-0.15, -0.1) is 0 Å². The van der Waals surface area contributed by atoms with Gasteiger partial charge in [0.2, 0.25) is 8.32 Å². The van der Waals surface area contributed by atoms with Crippen molar-refractivity contribution < 1.29 is 18.9 Å². The minimum atomic E-state index is -2.08. The molecule has 6 nitrogen and oxygen atoms in total. The fourth-order valence-electron chi connectivity index (χ4n) is 1.46. The summed E-state index contributed by atoms with van der Waals surface area (Å²) in [4.78, 5) is 22.0. The normalized spacial score (nSPS) is 11.9. The van der Waals surface area contributed by atoms with Crippen LogP contribution in [-0.2, 0) is 4.74 Å². The summed E-state index contributed by atoms with van der Waals surface area (Å²) in [6.07, 6.45) is 0. The number of methoxy groups -OCH3 is 1. The van der Waals surface area contributed by atoms with Crippen LogP contribution >= 0.6 is 0 Å². The number of benzene rings is 1. The molecule has 1 aromatic carbocycles. The lowest BCUT2D eigenvalue weighted by Crippen LogP contribution is -2.43. The van der Waals surface area contributed by atoms with E-state index in [-0.39, 0.29) is 16.3 Å². The minimum Gasteiger partial charge on any atom is -0.543 e. The Balaban J connectivity index is 3.24. The fraction of sp³-hybridized carbons (Fsp3) is 0.500. The van der Waals surface area contributed by atoms with Crippen molar-refractivity contribution in [2.45, 2.75) is 38.9 Å². The first kappa shape index (κ1) is 17.2. The quantitative estimate of drug-likeness (QED) is 0.366. The minimum absolute atomic E-state index is 0.0137. The summed E-state index contributed by atoms with van der Waals surface area (Å²) >= 11 is 0. The number of carbonyl (C=O) groups is 1. The van der Waals surface area contributed by atoms with Crippen molar-refractivity contribution in [1.29, 1.82) is 0 Å². The molecule has 0 heterocycles. The third-order valence-corrected chi connectivity index (χ3v) is 8.11. The first-order chi connectivity index (χ1) is 9.49. The summed E-state index contributed by atoms with van der Waals surface area (Å²) in [6.45, 7) is 10.4. The van der Waals surface area contributed by atoms with Gasteiger partial charge in [0.15, 0.2) is 0 Å². The van der Waals surface area contributed by atoms with Crippen LogP contribution in [0, 0.1) is 10.1 Å². The van der Waals surface area contributed by atoms with E-state index in [1.807, 2.05) is 0 Å². The summed E-state index contributed by atoms with van der Waals surface area (Å²) in [6, 6.07) is 4.17. The molecule has 1 aromatic rings. The topological polar surface area (TPSA) is 78.7 Å². The highest BCUT2D eigenvalue weighted by atomic mass is 28.4. The van der Waals surface area contributed by atoms with Crippen molar-refractivity contribution in [1.82, 2.24) is 0 Å². The van der Waals surface area contributed by atoms with Crippen LogP contribution in [0.25, 0.3) is 0 Å². The van der Waals surface area contributed by atoms with Gasteiger partial charge in [-0.3, -0.25) is 10.1 Å². The molecule has 0 aromatic heterocycles. The number of esters is 1. The van der Waals surface area contributed by atoms with Crippen LogP contribution in [0.4, 0.5) is 5.69 Å². The van der Waals surface area contributed by atoms with Crippen molar-refractivity contribution in [3.05, 3.63) is 33.9 Å². The summed E-state index contributed by atoms with van der Waals surface area (Å²) in [5.41, 5.74) is -0.386. The summed E-state index contributed by atoms with van der Waals surface area (Å²) in [5, 5.41) is 10.9. The third-order valence-electron chi connectivity index (χ3n) is 3.75. The maximum absolute atomic E-state index is 11.7. The van der Waals surface area contributed by atoms with Gasteiger partial charge < -0.3 is 9.16 Å². The van der Waals surface area contributed by atoms with Gasteiger partial charge in [0.1, 0.15) is 11.3 Å². The number of carbonyl (C=O) groups excluding carboxylic acids is 1. The highest BCUT2D eigenvalue weighted by Gasteiger charge is 2.39. The molecule has 7 heteroatoms. The van der Waals surface area contributed by atoms with Crippen molar-refractivity contribution in [2.75, 3.05) is 7.11 Å². The molecule has 0 radical (unpaired) electrons. The van der Waals surface area contributed by atoms with Gasteiger partial charge in [-0.1, -0.05) is 20.8 Å². The van der Waals surface area contributed by atoms with E-state index in [2.05, 4.69) is 38.6 Å². The molecule has 116 valence electrons. The highest BCUT2D eigenvalue weighted by molar-refractivity contribution is 6.74. The third kappa shape index (κ3) is 3.81. The maximum atomic E-state index is 11.7. The van der Waals surface area contributed by atoms with Crippen LogP contribution in [0.15, 0.2) is 18.2 Å². The molecule has 0 aliphatic carbocycles. The van der Waals surface area contributed by atoms with Crippen molar-refractivity contribution in [3.8, 4) is 5.75 Å². The Morgan fingerprint density at radius 1 is 1.29 bits per heavy atom. The van der Waals surface area contributed by atoms with E-state index in [1.54, 1.807) is 0 Å². The van der Waals surface area contributed by atoms with Gasteiger partial charge in [-0.2, -0.15) is 0 Å². The summed E-state index contributed by atoms with van der Waals surface area (Å²) < 4.78 is 10.6. The molecule has 0 N–H and O–H groups in total. The zero-order valence-corrected chi connectivity index (χ0v) is 14.2. The van der Waals surface area contributed by atoms with Crippen LogP contribution in [0.2, 0.25) is 18.1 Å². The molecular formula is C14H21NO5Si. The van der Waals surface area contributed by atoms with E-state index < -0.39 is 19.2 Å². The second-order valence-corrected chi connectivity index (χ2v) is 11.0. The molecule has 0 bridgehead atoms. The molecule has 0 fully saturated rings. The van der Waals surface area contributed by atoms with Gasteiger partial charge in [-0.25, -0.2) is 4.79 Å². The SMILES string of the molecule is COC(=O)c1cc(O[Si](C)(C)C(C)(C)C)ccc1[N+](=O)[O-]. The number of ether oxygens (including phenoxy) is 1. The van der Waals surface area contributed by atoms with Crippen LogP contribution < -0.4 is 4.43 Å². The number of nitro groups is 1. The Hall–Kier alpha value is -1.89. The molecule has 0 aliphatic rings. The van der Waals surface area contributed by atoms with Crippen LogP contribution in [-0.4, -0.2) is 26.3 Å². The molecule has 0 amide bonds. The number of hydrogen-bond acceptors (Lipinski definition) is 5. The number of nitro benzene ring substituents is 1. The lowest BCUT2D eigenvalue weighted by atomic mass is 10.2. The van der Waals surface area contributed by atoms with Crippen LogP contribution in [0.5, 0.6) is 5.75 Å². The van der Waals surface area contributed by atoms with E-state index in [0.717, 1.165) is 0 Å². The highest BCUT2D eigenvalue weighted by Crippen LogP contribution is 2.38. The second-order valence-electron chi connectivity index (χ2n) is 6.29. The first-order valence-corrected chi connectivity index (χ1v) is 9.46. The molecule has 0 spiro atoms. The zero-order valence-electron chi connectivity index (χ0n) is 13.2. The summed E-state index contributed by atoms with van der Waals surface area (Å²) in [7, 11) is -0.892. The Kier molecular flexibility index (Phi) is 4.78. The Bertz CT molecular complexity index is 563. The van der Waals surface area contributed by atoms with E-state index in [1.165, 1.54) is 25.3 Å². The largest absolute Gasteiger partial charge is 0.543 e. The predicted molar refractivity (Wildman–Crippen MR) is 82.3 cm³/mol. The Morgan fingerprint density at radius 3 is 2.29 bits per heavy atom. The number of rotatable bonds is 4. The Morgan fingerprint density at radius 2 is 1.86 bits per heavy atom. The molecule has 21 heavy (non-hydrogen) atoms. The monoisotopic (exact) mass is 311 g/mol. The molecule has 0 saturated carbocycles. The van der Waals surface area contributed by atoms with E-state index >= 15 is 0 Å². The van der Waals surface area contributed by atoms with Gasteiger partial charge in [0, 0.05) is 12.1 Å². The fourth-order valence-corrected chi connectivity index (χ4v) is 2.48. The first-order valence-electron chi connectivity index (χ1n) is 6.55. The van der Waals surface area contributed by atoms with E-state index in [9.17, 15) is 14.9 Å². The number of hydrogen-bond donors (Lipinski definition) is 0. The zero-order chi connectivity index (χ0) is 16.4.